The van der Waals surface area contributed by atoms with Gasteiger partial charge in [0.25, 0.3) is 0 Å². The maximum absolute atomic E-state index is 13.4. The molecule has 3 N–H and O–H groups in total. The molecule has 0 aliphatic heterocycles. The second-order valence-electron chi connectivity index (χ2n) is 7.47. The number of aromatic nitrogens is 3. The SMILES string of the molecule is O[C@H]1CCC[C@H]1Nc1nc(NCc2ccc(-c3ccccn3)cc2)ncc1C(F)(F)F. The van der Waals surface area contributed by atoms with Gasteiger partial charge in [-0.2, -0.15) is 18.2 Å². The first-order chi connectivity index (χ1) is 14.9. The Morgan fingerprint density at radius 3 is 2.48 bits per heavy atom. The average molecular weight is 429 g/mol. The number of halogens is 3. The van der Waals surface area contributed by atoms with Crippen molar-refractivity contribution in [3.63, 3.8) is 0 Å². The maximum atomic E-state index is 13.4. The van der Waals surface area contributed by atoms with Crippen LogP contribution in [0.4, 0.5) is 24.9 Å². The zero-order chi connectivity index (χ0) is 21.8. The van der Waals surface area contributed by atoms with E-state index in [2.05, 4.69) is 25.6 Å². The van der Waals surface area contributed by atoms with E-state index >= 15 is 0 Å². The Labute approximate surface area is 177 Å². The molecule has 9 heteroatoms. The monoisotopic (exact) mass is 429 g/mol. The minimum absolute atomic E-state index is 0.0804. The highest BCUT2D eigenvalue weighted by Gasteiger charge is 2.37. The first-order valence-electron chi connectivity index (χ1n) is 10.0. The lowest BCUT2D eigenvalue weighted by atomic mass is 10.1. The summed E-state index contributed by atoms with van der Waals surface area (Å²) in [6, 6.07) is 12.9. The van der Waals surface area contributed by atoms with Crippen LogP contribution in [0.15, 0.2) is 54.9 Å². The fraction of sp³-hybridized carbons (Fsp3) is 0.318. The van der Waals surface area contributed by atoms with Crippen LogP contribution in [0.1, 0.15) is 30.4 Å². The van der Waals surface area contributed by atoms with Gasteiger partial charge in [-0.1, -0.05) is 30.3 Å². The largest absolute Gasteiger partial charge is 0.421 e. The Kier molecular flexibility index (Phi) is 6.03. The second kappa shape index (κ2) is 8.89. The number of nitrogens with one attached hydrogen (secondary N) is 2. The Morgan fingerprint density at radius 2 is 1.84 bits per heavy atom. The van der Waals surface area contributed by atoms with Crippen molar-refractivity contribution < 1.29 is 18.3 Å². The van der Waals surface area contributed by atoms with Crippen molar-refractivity contribution in [2.45, 2.75) is 44.1 Å². The number of rotatable bonds is 6. The van der Waals surface area contributed by atoms with Gasteiger partial charge < -0.3 is 15.7 Å². The summed E-state index contributed by atoms with van der Waals surface area (Å²) >= 11 is 0. The molecule has 0 unspecified atom stereocenters. The molecular formula is C22H22F3N5O. The minimum Gasteiger partial charge on any atom is -0.391 e. The summed E-state index contributed by atoms with van der Waals surface area (Å²) in [5, 5.41) is 15.7. The standard InChI is InChI=1S/C22H22F3N5O/c23-22(24,25)16-13-28-21(30-20(16)29-18-5-3-6-19(18)31)27-12-14-7-9-15(10-8-14)17-4-1-2-11-26-17/h1-2,4,7-11,13,18-19,31H,3,5-6,12H2,(H2,27,28,29,30)/t18-,19+/m1/s1. The molecule has 3 aromatic rings. The van der Waals surface area contributed by atoms with E-state index in [1.807, 2.05) is 42.5 Å². The first kappa shape index (κ1) is 21.0. The highest BCUT2D eigenvalue weighted by molar-refractivity contribution is 5.59. The molecule has 162 valence electrons. The van der Waals surface area contributed by atoms with Gasteiger partial charge in [0.2, 0.25) is 5.95 Å². The number of aliphatic hydroxyl groups excluding tert-OH is 1. The van der Waals surface area contributed by atoms with E-state index < -0.39 is 23.9 Å². The number of hydrogen-bond donors (Lipinski definition) is 3. The summed E-state index contributed by atoms with van der Waals surface area (Å²) in [5.74, 6) is -0.238. The number of alkyl halides is 3. The van der Waals surface area contributed by atoms with E-state index in [1.54, 1.807) is 6.20 Å². The van der Waals surface area contributed by atoms with Crippen LogP contribution < -0.4 is 10.6 Å². The van der Waals surface area contributed by atoms with Crippen molar-refractivity contribution in [3.8, 4) is 11.3 Å². The summed E-state index contributed by atoms with van der Waals surface area (Å²) in [4.78, 5) is 12.2. The van der Waals surface area contributed by atoms with Crippen molar-refractivity contribution in [1.29, 1.82) is 0 Å². The lowest BCUT2D eigenvalue weighted by Gasteiger charge is -2.20. The summed E-state index contributed by atoms with van der Waals surface area (Å²) in [7, 11) is 0. The Morgan fingerprint density at radius 1 is 1.03 bits per heavy atom. The van der Waals surface area contributed by atoms with Gasteiger partial charge in [0.15, 0.2) is 0 Å². The fourth-order valence-corrected chi connectivity index (χ4v) is 3.58. The molecule has 4 rings (SSSR count). The lowest BCUT2D eigenvalue weighted by molar-refractivity contribution is -0.137. The molecule has 0 spiro atoms. The number of pyridine rings is 1. The van der Waals surface area contributed by atoms with Gasteiger partial charge in [-0.15, -0.1) is 0 Å². The van der Waals surface area contributed by atoms with Crippen LogP contribution in [-0.2, 0) is 12.7 Å². The van der Waals surface area contributed by atoms with Crippen LogP contribution in [0, 0.1) is 0 Å². The number of aliphatic hydroxyl groups is 1. The van der Waals surface area contributed by atoms with Gasteiger partial charge in [-0.05, 0) is 37.0 Å². The highest BCUT2D eigenvalue weighted by atomic mass is 19.4. The second-order valence-corrected chi connectivity index (χ2v) is 7.47. The predicted octanol–water partition coefficient (Wildman–Crippen LogP) is 4.49. The van der Waals surface area contributed by atoms with Crippen molar-refractivity contribution in [1.82, 2.24) is 15.0 Å². The molecule has 0 amide bonds. The lowest BCUT2D eigenvalue weighted by Crippen LogP contribution is -2.30. The zero-order valence-electron chi connectivity index (χ0n) is 16.6. The van der Waals surface area contributed by atoms with Crippen LogP contribution in [0.2, 0.25) is 0 Å². The van der Waals surface area contributed by atoms with Gasteiger partial charge in [0, 0.05) is 24.5 Å². The molecule has 1 aliphatic rings. The van der Waals surface area contributed by atoms with Gasteiger partial charge >= 0.3 is 6.18 Å². The van der Waals surface area contributed by atoms with Crippen LogP contribution in [-0.4, -0.2) is 32.2 Å². The molecule has 1 aliphatic carbocycles. The third kappa shape index (κ3) is 5.11. The molecule has 1 fully saturated rings. The quantitative estimate of drug-likeness (QED) is 0.535. The molecule has 2 atom stereocenters. The highest BCUT2D eigenvalue weighted by Crippen LogP contribution is 2.35. The number of benzene rings is 1. The minimum atomic E-state index is -4.59. The van der Waals surface area contributed by atoms with Gasteiger partial charge in [-0.3, -0.25) is 4.98 Å². The molecule has 0 saturated heterocycles. The van der Waals surface area contributed by atoms with E-state index in [0.29, 0.717) is 19.4 Å². The fourth-order valence-electron chi connectivity index (χ4n) is 3.58. The van der Waals surface area contributed by atoms with E-state index in [4.69, 9.17) is 0 Å². The Hall–Kier alpha value is -3.20. The molecule has 0 radical (unpaired) electrons. The molecule has 1 saturated carbocycles. The first-order valence-corrected chi connectivity index (χ1v) is 10.0. The Bertz CT molecular complexity index is 1010. The van der Waals surface area contributed by atoms with E-state index in [9.17, 15) is 18.3 Å². The van der Waals surface area contributed by atoms with Crippen molar-refractivity contribution >= 4 is 11.8 Å². The summed E-state index contributed by atoms with van der Waals surface area (Å²) in [5.41, 5.74) is 1.80. The molecule has 6 nitrogen and oxygen atoms in total. The maximum Gasteiger partial charge on any atom is 0.421 e. The number of hydrogen-bond acceptors (Lipinski definition) is 6. The third-order valence-corrected chi connectivity index (χ3v) is 5.26. The number of anilines is 2. The van der Waals surface area contributed by atoms with E-state index in [-0.39, 0.29) is 11.8 Å². The zero-order valence-corrected chi connectivity index (χ0v) is 16.6. The number of nitrogens with zero attached hydrogens (tertiary/aromatic N) is 3. The topological polar surface area (TPSA) is 83.0 Å². The van der Waals surface area contributed by atoms with Gasteiger partial charge in [-0.25, -0.2) is 4.98 Å². The molecule has 0 bridgehead atoms. The van der Waals surface area contributed by atoms with Crippen molar-refractivity contribution in [2.24, 2.45) is 0 Å². The summed E-state index contributed by atoms with van der Waals surface area (Å²) in [6.45, 7) is 0.347. The molecule has 1 aromatic carbocycles. The van der Waals surface area contributed by atoms with E-state index in [0.717, 1.165) is 29.4 Å². The molecule has 2 heterocycles. The summed E-state index contributed by atoms with van der Waals surface area (Å²) < 4.78 is 40.1. The smallest absolute Gasteiger partial charge is 0.391 e. The summed E-state index contributed by atoms with van der Waals surface area (Å²) in [6.07, 6.45) is -0.884. The van der Waals surface area contributed by atoms with E-state index in [1.165, 1.54) is 0 Å². The predicted molar refractivity (Wildman–Crippen MR) is 111 cm³/mol. The molecular weight excluding hydrogens is 407 g/mol. The van der Waals surface area contributed by atoms with Gasteiger partial charge in [0.1, 0.15) is 11.4 Å². The van der Waals surface area contributed by atoms with Crippen LogP contribution in [0.3, 0.4) is 0 Å². The average Bonchev–Trinajstić information content (AvgIpc) is 3.17. The van der Waals surface area contributed by atoms with Crippen molar-refractivity contribution in [2.75, 3.05) is 10.6 Å². The van der Waals surface area contributed by atoms with Crippen molar-refractivity contribution in [3.05, 3.63) is 66.0 Å². The third-order valence-electron chi connectivity index (χ3n) is 5.26. The normalized spacial score (nSPS) is 18.7. The Balaban J connectivity index is 1.47. The van der Waals surface area contributed by atoms with Gasteiger partial charge in [0.05, 0.1) is 17.8 Å². The molecule has 31 heavy (non-hydrogen) atoms. The molecule has 2 aromatic heterocycles. The van der Waals surface area contributed by atoms with Crippen LogP contribution >= 0.6 is 0 Å². The van der Waals surface area contributed by atoms with Crippen LogP contribution in [0.5, 0.6) is 0 Å². The van der Waals surface area contributed by atoms with Crippen LogP contribution in [0.25, 0.3) is 11.3 Å².